The molecule has 0 aliphatic carbocycles. The summed E-state index contributed by atoms with van der Waals surface area (Å²) in [5.74, 6) is 0. The highest BCUT2D eigenvalue weighted by molar-refractivity contribution is 5.93. The topological polar surface area (TPSA) is 15.3 Å². The minimum atomic E-state index is 0.803. The Morgan fingerprint density at radius 2 is 1.09 bits per heavy atom. The number of allylic oxidation sites excluding steroid dienone is 9. The van der Waals surface area contributed by atoms with E-state index in [1.807, 2.05) is 12.3 Å². The van der Waals surface area contributed by atoms with Crippen LogP contribution < -0.4 is 10.2 Å². The van der Waals surface area contributed by atoms with Crippen molar-refractivity contribution in [3.05, 3.63) is 308 Å². The molecule has 0 saturated heterocycles. The molecule has 0 amide bonds. The van der Waals surface area contributed by atoms with Crippen LogP contribution in [0.1, 0.15) is 29.2 Å². The smallest absolute Gasteiger partial charge is 0.0468 e. The number of hydrogen-bond acceptors (Lipinski definition) is 2. The van der Waals surface area contributed by atoms with Crippen LogP contribution in [0.5, 0.6) is 0 Å². The number of rotatable bonds is 12. The Balaban J connectivity index is 1.01. The number of para-hydroxylation sites is 2. The van der Waals surface area contributed by atoms with Crippen LogP contribution in [0.3, 0.4) is 0 Å². The van der Waals surface area contributed by atoms with Gasteiger partial charge in [0.25, 0.3) is 0 Å². The Labute approximate surface area is 413 Å². The number of hydrogen-bond donors (Lipinski definition) is 1. The molecule has 2 heteroatoms. The molecule has 0 bridgehead atoms. The zero-order chi connectivity index (χ0) is 47.5. The van der Waals surface area contributed by atoms with Crippen LogP contribution >= 0.6 is 0 Å². The van der Waals surface area contributed by atoms with E-state index < -0.39 is 0 Å². The molecule has 0 fully saturated rings. The summed E-state index contributed by atoms with van der Waals surface area (Å²) in [6.07, 6.45) is 17.9. The SMILES string of the molecule is C=C/C(=C(\C=C/C)Cc1ccccc1)c1ccc(N(c2ccccc2)c2ccc(-c3cccc(-c4ccc5c(c4)-c4ccccc4N/C=C/C=C(c4ccccc4)\C=C/5)c3)cc2)cc1-c1ccccc1. The Morgan fingerprint density at radius 1 is 0.486 bits per heavy atom. The lowest BCUT2D eigenvalue weighted by molar-refractivity contribution is 1.20. The summed E-state index contributed by atoms with van der Waals surface area (Å²) in [5.41, 5.74) is 21.7. The third-order valence-electron chi connectivity index (χ3n) is 12.9. The van der Waals surface area contributed by atoms with E-state index in [9.17, 15) is 0 Å². The summed E-state index contributed by atoms with van der Waals surface area (Å²) in [6.45, 7) is 6.45. The molecule has 336 valence electrons. The number of nitrogens with zero attached hydrogens (tertiary/aromatic N) is 1. The summed E-state index contributed by atoms with van der Waals surface area (Å²) in [5, 5.41) is 3.57. The van der Waals surface area contributed by atoms with Gasteiger partial charge in [-0.1, -0.05) is 219 Å². The first-order chi connectivity index (χ1) is 34.6. The van der Waals surface area contributed by atoms with Crippen molar-refractivity contribution in [2.45, 2.75) is 13.3 Å². The fraction of sp³-hybridized carbons (Fsp3) is 0.0294. The molecule has 0 unspecified atom stereocenters. The molecule has 1 heterocycles. The summed E-state index contributed by atoms with van der Waals surface area (Å²) >= 11 is 0. The van der Waals surface area contributed by atoms with Gasteiger partial charge in [-0.3, -0.25) is 0 Å². The van der Waals surface area contributed by atoms with Gasteiger partial charge in [0.05, 0.1) is 0 Å². The monoisotopic (exact) mass is 898 g/mol. The van der Waals surface area contributed by atoms with Crippen molar-refractivity contribution in [3.8, 4) is 44.5 Å². The van der Waals surface area contributed by atoms with E-state index in [2.05, 4.69) is 291 Å². The van der Waals surface area contributed by atoms with Crippen LogP contribution in [0.2, 0.25) is 0 Å². The van der Waals surface area contributed by atoms with Crippen LogP contribution in [0.4, 0.5) is 22.7 Å². The maximum absolute atomic E-state index is 4.37. The van der Waals surface area contributed by atoms with Crippen molar-refractivity contribution < 1.29 is 0 Å². The first-order valence-corrected chi connectivity index (χ1v) is 24.0. The molecular formula is C68H54N2. The molecule has 1 aliphatic rings. The molecule has 9 aromatic rings. The predicted octanol–water partition coefficient (Wildman–Crippen LogP) is 18.6. The van der Waals surface area contributed by atoms with E-state index in [-0.39, 0.29) is 0 Å². The summed E-state index contributed by atoms with van der Waals surface area (Å²) < 4.78 is 0. The van der Waals surface area contributed by atoms with Crippen molar-refractivity contribution in [3.63, 3.8) is 0 Å². The highest BCUT2D eigenvalue weighted by Crippen LogP contribution is 2.42. The van der Waals surface area contributed by atoms with Gasteiger partial charge in [0, 0.05) is 34.5 Å². The van der Waals surface area contributed by atoms with E-state index in [0.29, 0.717) is 0 Å². The normalized spacial score (nSPS) is 14.1. The lowest BCUT2D eigenvalue weighted by atomic mass is 9.88. The van der Waals surface area contributed by atoms with Crippen molar-refractivity contribution >= 4 is 40.0 Å². The first kappa shape index (κ1) is 44.8. The number of fused-ring (bicyclic) bond motifs is 3. The lowest BCUT2D eigenvalue weighted by Crippen LogP contribution is -2.10. The first-order valence-electron chi connectivity index (χ1n) is 24.0. The Morgan fingerprint density at radius 3 is 1.81 bits per heavy atom. The average molecular weight is 899 g/mol. The maximum Gasteiger partial charge on any atom is 0.0468 e. The van der Waals surface area contributed by atoms with Gasteiger partial charge in [-0.15, -0.1) is 0 Å². The van der Waals surface area contributed by atoms with Gasteiger partial charge in [0.15, 0.2) is 0 Å². The van der Waals surface area contributed by atoms with Crippen LogP contribution in [-0.2, 0) is 6.42 Å². The second-order valence-corrected chi connectivity index (χ2v) is 17.4. The molecule has 0 spiro atoms. The molecular weight excluding hydrogens is 845 g/mol. The van der Waals surface area contributed by atoms with Gasteiger partial charge in [0.1, 0.15) is 0 Å². The van der Waals surface area contributed by atoms with Gasteiger partial charge in [-0.05, 0) is 152 Å². The average Bonchev–Trinajstić information content (AvgIpc) is 3.46. The van der Waals surface area contributed by atoms with E-state index in [1.165, 1.54) is 22.3 Å². The number of benzene rings is 9. The molecule has 1 aliphatic heterocycles. The third kappa shape index (κ3) is 9.99. The second-order valence-electron chi connectivity index (χ2n) is 17.4. The van der Waals surface area contributed by atoms with Gasteiger partial charge in [0.2, 0.25) is 0 Å². The highest BCUT2D eigenvalue weighted by atomic mass is 15.1. The molecule has 0 aromatic heterocycles. The van der Waals surface area contributed by atoms with Crippen molar-refractivity contribution in [2.75, 3.05) is 10.2 Å². The zero-order valence-corrected chi connectivity index (χ0v) is 39.4. The molecule has 0 saturated carbocycles. The Hall–Kier alpha value is -8.98. The maximum atomic E-state index is 4.37. The van der Waals surface area contributed by atoms with Gasteiger partial charge in [-0.25, -0.2) is 0 Å². The molecule has 70 heavy (non-hydrogen) atoms. The number of anilines is 4. The quantitative estimate of drug-likeness (QED) is 0.123. The highest BCUT2D eigenvalue weighted by Gasteiger charge is 2.19. The molecule has 2 nitrogen and oxygen atoms in total. The van der Waals surface area contributed by atoms with Crippen LogP contribution in [0.25, 0.3) is 61.7 Å². The minimum Gasteiger partial charge on any atom is -0.361 e. The summed E-state index contributed by atoms with van der Waals surface area (Å²) in [6, 6.07) is 82.7. The van der Waals surface area contributed by atoms with E-state index in [4.69, 9.17) is 0 Å². The lowest BCUT2D eigenvalue weighted by Gasteiger charge is -2.27. The zero-order valence-electron chi connectivity index (χ0n) is 39.4. The van der Waals surface area contributed by atoms with Crippen molar-refractivity contribution in [2.24, 2.45) is 0 Å². The van der Waals surface area contributed by atoms with Crippen LogP contribution in [0, 0.1) is 0 Å². The second kappa shape index (κ2) is 21.3. The summed E-state index contributed by atoms with van der Waals surface area (Å²) in [7, 11) is 0. The Kier molecular flexibility index (Phi) is 13.7. The molecule has 10 rings (SSSR count). The van der Waals surface area contributed by atoms with Crippen LogP contribution in [0.15, 0.2) is 285 Å². The van der Waals surface area contributed by atoms with Crippen LogP contribution in [-0.4, -0.2) is 0 Å². The fourth-order valence-corrected chi connectivity index (χ4v) is 9.45. The summed E-state index contributed by atoms with van der Waals surface area (Å²) in [4.78, 5) is 2.35. The standard InChI is InChI=1S/C68H54N2/c1-3-21-59(46-50-22-9-5-10-23-50)63(4-2)64-44-43-62(49-67(64)54-26-13-7-14-27-54)70(60-31-15-8-16-32-60)61-41-39-53(40-42-61)56-28-19-29-57(47-56)58-38-37-55-36-35-52(51-24-11-6-12-25-51)30-20-45-69-68-34-18-17-33-65(68)66(55)48-58/h3-45,47-49,69H,2,46H2,1H3/b21-3-,36-35-,45-20+,52-30+,63-59-. The van der Waals surface area contributed by atoms with Gasteiger partial charge in [-0.2, -0.15) is 0 Å². The fourth-order valence-electron chi connectivity index (χ4n) is 9.45. The molecule has 0 radical (unpaired) electrons. The molecule has 1 N–H and O–H groups in total. The molecule has 0 atom stereocenters. The van der Waals surface area contributed by atoms with E-state index >= 15 is 0 Å². The minimum absolute atomic E-state index is 0.803. The molecule has 9 aromatic carbocycles. The van der Waals surface area contributed by atoms with Gasteiger partial charge < -0.3 is 10.2 Å². The van der Waals surface area contributed by atoms with Gasteiger partial charge >= 0.3 is 0 Å². The van der Waals surface area contributed by atoms with Crippen molar-refractivity contribution in [1.29, 1.82) is 0 Å². The largest absolute Gasteiger partial charge is 0.361 e. The predicted molar refractivity (Wildman–Crippen MR) is 301 cm³/mol. The number of nitrogens with one attached hydrogen (secondary N) is 1. The Bertz CT molecular complexity index is 3410. The van der Waals surface area contributed by atoms with Crippen molar-refractivity contribution in [1.82, 2.24) is 0 Å². The van der Waals surface area contributed by atoms with E-state index in [1.54, 1.807) is 0 Å². The van der Waals surface area contributed by atoms with E-state index in [0.717, 1.165) is 90.4 Å². The third-order valence-corrected chi connectivity index (χ3v) is 12.9.